The number of azo groups is 1. The molecule has 11 nitrogen and oxygen atoms in total. The first kappa shape index (κ1) is 33.1. The molecule has 0 saturated carbocycles. The molecule has 0 N–H and O–H groups in total. The van der Waals surface area contributed by atoms with Gasteiger partial charge in [0.15, 0.2) is 6.04 Å². The molecular formula is C25H22Cl2N5NaO6S2. The number of benzene rings is 3. The van der Waals surface area contributed by atoms with Gasteiger partial charge >= 0.3 is 29.6 Å². The van der Waals surface area contributed by atoms with Gasteiger partial charge in [0.25, 0.3) is 15.9 Å². The number of sulfonamides is 1. The van der Waals surface area contributed by atoms with Crippen LogP contribution in [-0.2, 0) is 24.9 Å². The van der Waals surface area contributed by atoms with Crippen LogP contribution in [0.3, 0.4) is 0 Å². The molecule has 0 fully saturated rings. The van der Waals surface area contributed by atoms with Gasteiger partial charge < -0.3 is 4.55 Å². The van der Waals surface area contributed by atoms with Crippen LogP contribution in [0.4, 0.5) is 17.1 Å². The summed E-state index contributed by atoms with van der Waals surface area (Å²) < 4.78 is 62.0. The van der Waals surface area contributed by atoms with E-state index in [0.717, 1.165) is 17.1 Å². The third-order valence-electron chi connectivity index (χ3n) is 5.96. The molecule has 0 radical (unpaired) electrons. The first-order valence-corrected chi connectivity index (χ1v) is 15.3. The van der Waals surface area contributed by atoms with E-state index in [2.05, 4.69) is 15.3 Å². The van der Waals surface area contributed by atoms with Crippen LogP contribution in [0, 0.1) is 6.92 Å². The Labute approximate surface area is 269 Å². The maximum Gasteiger partial charge on any atom is 1.00 e. The molecule has 3 aromatic rings. The third kappa shape index (κ3) is 6.83. The summed E-state index contributed by atoms with van der Waals surface area (Å²) in [4.78, 5) is 12.4. The normalized spacial score (nSPS) is 15.7. The summed E-state index contributed by atoms with van der Waals surface area (Å²) in [5.74, 6) is -0.643. The Morgan fingerprint density at radius 3 is 2.24 bits per heavy atom. The molecule has 1 heterocycles. The van der Waals surface area contributed by atoms with Gasteiger partial charge in [-0.05, 0) is 68.8 Å². The van der Waals surface area contributed by atoms with Gasteiger partial charge in [-0.15, -0.1) is 0 Å². The molecule has 1 aliphatic heterocycles. The molecule has 0 bridgehead atoms. The van der Waals surface area contributed by atoms with Crippen LogP contribution in [0.15, 0.2) is 85.8 Å². The Bertz CT molecular complexity index is 1770. The predicted octanol–water partition coefficient (Wildman–Crippen LogP) is 2.30. The largest absolute Gasteiger partial charge is 1.00 e. The Morgan fingerprint density at radius 2 is 1.66 bits per heavy atom. The zero-order valence-electron chi connectivity index (χ0n) is 22.3. The van der Waals surface area contributed by atoms with E-state index >= 15 is 0 Å². The van der Waals surface area contributed by atoms with Crippen LogP contribution < -0.4 is 38.9 Å². The number of hydrogen-bond donors (Lipinski definition) is 0. The molecule has 1 atom stereocenters. The molecule has 4 rings (SSSR count). The van der Waals surface area contributed by atoms with E-state index in [1.54, 1.807) is 51.1 Å². The number of anilines is 2. The summed E-state index contributed by atoms with van der Waals surface area (Å²) in [5.41, 5.74) is 1.61. The molecule has 3 aromatic carbocycles. The molecular weight excluding hydrogens is 624 g/mol. The average Bonchev–Trinajstić information content (AvgIpc) is 3.17. The average molecular weight is 647 g/mol. The van der Waals surface area contributed by atoms with E-state index in [4.69, 9.17) is 23.2 Å². The number of hydrogen-bond acceptors (Lipinski definition) is 9. The zero-order chi connectivity index (χ0) is 29.4. The Kier molecular flexibility index (Phi) is 10.4. The SMILES string of the molecule is CCN(c1ccccc1)S(=O)(=O)c1ccc(N=NC2C(=O)N(c3cc(Cl)c(S(=O)(=O)[O-])cc3Cl)N=C2C)c(C)c1.[Na+]. The Balaban J connectivity index is 0.00000462. The minimum absolute atomic E-state index is 0. The van der Waals surface area contributed by atoms with E-state index in [-0.39, 0.29) is 57.4 Å². The van der Waals surface area contributed by atoms with Crippen molar-refractivity contribution in [2.24, 2.45) is 15.3 Å². The van der Waals surface area contributed by atoms with Gasteiger partial charge in [-0.3, -0.25) is 9.10 Å². The molecule has 16 heteroatoms. The van der Waals surface area contributed by atoms with E-state index < -0.39 is 42.0 Å². The number of amides is 1. The smallest absolute Gasteiger partial charge is 0.744 e. The number of rotatable bonds is 8. The van der Waals surface area contributed by atoms with E-state index in [1.165, 1.54) is 22.5 Å². The predicted molar refractivity (Wildman–Crippen MR) is 151 cm³/mol. The first-order chi connectivity index (χ1) is 18.8. The topological polar surface area (TPSA) is 152 Å². The molecule has 1 unspecified atom stereocenters. The van der Waals surface area contributed by atoms with Gasteiger partial charge in [0.05, 0.1) is 42.6 Å². The molecule has 1 amide bonds. The number of carbonyl (C=O) groups excluding carboxylic acids is 1. The van der Waals surface area contributed by atoms with Gasteiger partial charge in [0.2, 0.25) is 0 Å². The summed E-state index contributed by atoms with van der Waals surface area (Å²) >= 11 is 12.1. The second-order valence-electron chi connectivity index (χ2n) is 8.65. The quantitative estimate of drug-likeness (QED) is 0.208. The summed E-state index contributed by atoms with van der Waals surface area (Å²) in [6.45, 7) is 5.19. The van der Waals surface area contributed by atoms with Crippen molar-refractivity contribution in [3.8, 4) is 0 Å². The zero-order valence-corrected chi connectivity index (χ0v) is 27.5. The minimum Gasteiger partial charge on any atom is -0.744 e. The maximum atomic E-state index is 13.3. The van der Waals surface area contributed by atoms with Gasteiger partial charge in [0.1, 0.15) is 10.1 Å². The van der Waals surface area contributed by atoms with Crippen LogP contribution >= 0.6 is 23.2 Å². The second-order valence-corrected chi connectivity index (χ2v) is 12.7. The number of carbonyl (C=O) groups is 1. The van der Waals surface area contributed by atoms with Gasteiger partial charge in [-0.1, -0.05) is 41.4 Å². The van der Waals surface area contributed by atoms with Gasteiger partial charge in [0, 0.05) is 6.54 Å². The van der Waals surface area contributed by atoms with Crippen molar-refractivity contribution in [3.63, 3.8) is 0 Å². The fourth-order valence-corrected chi connectivity index (χ4v) is 6.84. The van der Waals surface area contributed by atoms with E-state index in [0.29, 0.717) is 16.9 Å². The maximum absolute atomic E-state index is 13.3. The van der Waals surface area contributed by atoms with E-state index in [9.17, 15) is 26.2 Å². The van der Waals surface area contributed by atoms with E-state index in [1.807, 2.05) is 0 Å². The molecule has 0 aliphatic carbocycles. The van der Waals surface area contributed by atoms with Gasteiger partial charge in [-0.25, -0.2) is 16.8 Å². The van der Waals surface area contributed by atoms with Crippen LogP contribution in [0.1, 0.15) is 19.4 Å². The number of hydrazone groups is 1. The molecule has 210 valence electrons. The molecule has 0 saturated heterocycles. The summed E-state index contributed by atoms with van der Waals surface area (Å²) in [5, 5.41) is 12.7. The second kappa shape index (κ2) is 12.9. The van der Waals surface area contributed by atoms with Crippen LogP contribution in [0.25, 0.3) is 0 Å². The van der Waals surface area contributed by atoms with Crippen LogP contribution in [0.2, 0.25) is 10.0 Å². The summed E-state index contributed by atoms with van der Waals surface area (Å²) in [6.07, 6.45) is 0. The fraction of sp³-hybridized carbons (Fsp3) is 0.200. The van der Waals surface area contributed by atoms with Crippen molar-refractivity contribution in [2.45, 2.75) is 36.6 Å². The van der Waals surface area contributed by atoms with Crippen molar-refractivity contribution in [1.82, 2.24) is 0 Å². The van der Waals surface area contributed by atoms with Crippen molar-refractivity contribution in [3.05, 3.63) is 76.3 Å². The van der Waals surface area contributed by atoms with Gasteiger partial charge in [-0.2, -0.15) is 20.3 Å². The minimum atomic E-state index is -4.89. The number of para-hydroxylation sites is 1. The molecule has 41 heavy (non-hydrogen) atoms. The van der Waals surface area contributed by atoms with Crippen LogP contribution in [0.5, 0.6) is 0 Å². The third-order valence-corrected chi connectivity index (χ3v) is 9.47. The number of halogens is 2. The van der Waals surface area contributed by atoms with Crippen molar-refractivity contribution in [1.29, 1.82) is 0 Å². The molecule has 0 spiro atoms. The Hall–Kier alpha value is -2.36. The standard InChI is InChI=1S/C25H23Cl2N5O6S2.Na/c1-4-31(17-8-6-5-7-9-17)39(34,35)18-10-11-21(15(2)12-18)28-29-24-16(3)30-32(25(24)33)22-13-20(27)23(14-19(22)26)40(36,37)38;/h5-14,24H,4H2,1-3H3,(H,36,37,38);/q;+1/p-1. The molecule has 0 aromatic heterocycles. The summed E-state index contributed by atoms with van der Waals surface area (Å²) in [6, 6.07) is 13.9. The van der Waals surface area contributed by atoms with Crippen molar-refractivity contribution < 1.29 is 55.7 Å². The van der Waals surface area contributed by atoms with Crippen molar-refractivity contribution >= 4 is 72.0 Å². The molecule has 1 aliphatic rings. The first-order valence-electron chi connectivity index (χ1n) is 11.7. The summed E-state index contributed by atoms with van der Waals surface area (Å²) in [7, 11) is -8.74. The number of aryl methyl sites for hydroxylation is 1. The fourth-order valence-electron chi connectivity index (χ4n) is 3.97. The monoisotopic (exact) mass is 645 g/mol. The Morgan fingerprint density at radius 1 is 1.00 bits per heavy atom. The van der Waals surface area contributed by atoms with Crippen molar-refractivity contribution in [2.75, 3.05) is 15.9 Å². The van der Waals surface area contributed by atoms with Crippen LogP contribution in [-0.4, -0.2) is 45.6 Å². The number of nitrogens with zero attached hydrogens (tertiary/aromatic N) is 5.